The third-order valence-corrected chi connectivity index (χ3v) is 6.42. The van der Waals surface area contributed by atoms with Crippen LogP contribution in [0.25, 0.3) is 0 Å². The second-order valence-electron chi connectivity index (χ2n) is 8.73. The molecule has 0 atom stereocenters. The quantitative estimate of drug-likeness (QED) is 0.647. The summed E-state index contributed by atoms with van der Waals surface area (Å²) in [6, 6.07) is 12.3. The van der Waals surface area contributed by atoms with E-state index in [1.807, 2.05) is 17.0 Å². The summed E-state index contributed by atoms with van der Waals surface area (Å²) < 4.78 is 6.20. The fourth-order valence-electron chi connectivity index (χ4n) is 4.51. The molecule has 1 fully saturated rings. The number of Topliss-reactive ketones (excluding diaryl/α,β-unsaturated/α-hetero) is 1. The van der Waals surface area contributed by atoms with E-state index in [2.05, 4.69) is 38.1 Å². The molecule has 0 bridgehead atoms. The number of rotatable bonds is 6. The van der Waals surface area contributed by atoms with Gasteiger partial charge in [0, 0.05) is 44.3 Å². The SMILES string of the molecule is Cc1ccc(C)c(OC2CCN(C(=O)CCC(=O)c3ccc4c(c3)CCC4)CC2)c1. The van der Waals surface area contributed by atoms with Gasteiger partial charge < -0.3 is 9.64 Å². The Bertz CT molecular complexity index is 941. The number of amides is 1. The second-order valence-corrected chi connectivity index (χ2v) is 8.73. The number of nitrogens with zero attached hydrogens (tertiary/aromatic N) is 1. The van der Waals surface area contributed by atoms with Gasteiger partial charge in [-0.2, -0.15) is 0 Å². The predicted octanol–water partition coefficient (Wildman–Crippen LogP) is 4.83. The van der Waals surface area contributed by atoms with Crippen LogP contribution < -0.4 is 4.74 Å². The molecular weight excluding hydrogens is 374 g/mol. The van der Waals surface area contributed by atoms with Crippen LogP contribution in [-0.2, 0) is 17.6 Å². The standard InChI is InChI=1S/C26H31NO3/c1-18-6-7-19(2)25(16-18)30-23-12-14-27(15-13-23)26(29)11-10-24(28)22-9-8-20-4-3-5-21(20)17-22/h6-9,16-17,23H,3-5,10-15H2,1-2H3. The molecule has 1 aliphatic carbocycles. The monoisotopic (exact) mass is 405 g/mol. The Kier molecular flexibility index (Phi) is 6.21. The van der Waals surface area contributed by atoms with Gasteiger partial charge in [0.2, 0.25) is 5.91 Å². The first-order valence-electron chi connectivity index (χ1n) is 11.2. The summed E-state index contributed by atoms with van der Waals surface area (Å²) in [4.78, 5) is 27.1. The zero-order valence-corrected chi connectivity index (χ0v) is 18.1. The van der Waals surface area contributed by atoms with Crippen molar-refractivity contribution < 1.29 is 14.3 Å². The summed E-state index contributed by atoms with van der Waals surface area (Å²) in [7, 11) is 0. The van der Waals surface area contributed by atoms with Crippen LogP contribution in [-0.4, -0.2) is 35.8 Å². The number of ether oxygens (including phenoxy) is 1. The zero-order chi connectivity index (χ0) is 21.1. The Morgan fingerprint density at radius 2 is 1.73 bits per heavy atom. The molecule has 1 heterocycles. The first kappa shape index (κ1) is 20.6. The number of likely N-dealkylation sites (tertiary alicyclic amines) is 1. The average molecular weight is 406 g/mol. The van der Waals surface area contributed by atoms with Crippen LogP contribution in [0.4, 0.5) is 0 Å². The molecule has 1 amide bonds. The molecule has 1 saturated heterocycles. The fraction of sp³-hybridized carbons (Fsp3) is 0.462. The Balaban J connectivity index is 1.24. The Hall–Kier alpha value is -2.62. The number of ketones is 1. The summed E-state index contributed by atoms with van der Waals surface area (Å²) >= 11 is 0. The number of hydrogen-bond donors (Lipinski definition) is 0. The van der Waals surface area contributed by atoms with Gasteiger partial charge in [-0.15, -0.1) is 0 Å². The highest BCUT2D eigenvalue weighted by Crippen LogP contribution is 2.25. The van der Waals surface area contributed by atoms with Crippen LogP contribution in [0, 0.1) is 13.8 Å². The zero-order valence-electron chi connectivity index (χ0n) is 18.1. The number of carbonyl (C=O) groups excluding carboxylic acids is 2. The molecule has 4 heteroatoms. The number of aryl methyl sites for hydroxylation is 4. The summed E-state index contributed by atoms with van der Waals surface area (Å²) in [5.41, 5.74) is 5.76. The van der Waals surface area contributed by atoms with Crippen molar-refractivity contribution in [1.29, 1.82) is 0 Å². The lowest BCUT2D eigenvalue weighted by Gasteiger charge is -2.32. The third-order valence-electron chi connectivity index (χ3n) is 6.42. The van der Waals surface area contributed by atoms with E-state index < -0.39 is 0 Å². The molecule has 0 saturated carbocycles. The maximum absolute atomic E-state index is 12.6. The maximum atomic E-state index is 12.6. The topological polar surface area (TPSA) is 46.6 Å². The molecule has 0 spiro atoms. The maximum Gasteiger partial charge on any atom is 0.223 e. The highest BCUT2D eigenvalue weighted by atomic mass is 16.5. The lowest BCUT2D eigenvalue weighted by Crippen LogP contribution is -2.41. The third kappa shape index (κ3) is 4.75. The van der Waals surface area contributed by atoms with Gasteiger partial charge in [0.1, 0.15) is 11.9 Å². The Morgan fingerprint density at radius 1 is 0.967 bits per heavy atom. The van der Waals surface area contributed by atoms with Crippen molar-refractivity contribution in [3.8, 4) is 5.75 Å². The molecule has 2 aliphatic rings. The molecule has 30 heavy (non-hydrogen) atoms. The van der Waals surface area contributed by atoms with E-state index in [1.165, 1.54) is 23.1 Å². The largest absolute Gasteiger partial charge is 0.490 e. The number of fused-ring (bicyclic) bond motifs is 1. The van der Waals surface area contributed by atoms with Crippen molar-refractivity contribution in [1.82, 2.24) is 4.90 Å². The molecule has 0 aromatic heterocycles. The summed E-state index contributed by atoms with van der Waals surface area (Å²) in [6.45, 7) is 5.52. The highest BCUT2D eigenvalue weighted by Gasteiger charge is 2.25. The van der Waals surface area contributed by atoms with E-state index in [-0.39, 0.29) is 24.2 Å². The van der Waals surface area contributed by atoms with Crippen LogP contribution in [0.2, 0.25) is 0 Å². The van der Waals surface area contributed by atoms with E-state index in [0.29, 0.717) is 19.5 Å². The number of hydrogen-bond acceptors (Lipinski definition) is 3. The van der Waals surface area contributed by atoms with Gasteiger partial charge in [-0.05, 0) is 67.5 Å². The second kappa shape index (κ2) is 9.03. The highest BCUT2D eigenvalue weighted by molar-refractivity contribution is 5.98. The minimum absolute atomic E-state index is 0.0752. The van der Waals surface area contributed by atoms with Crippen molar-refractivity contribution in [2.24, 2.45) is 0 Å². The van der Waals surface area contributed by atoms with Gasteiger partial charge >= 0.3 is 0 Å². The molecular formula is C26H31NO3. The Labute approximate surface area is 179 Å². The first-order chi connectivity index (χ1) is 14.5. The molecule has 2 aromatic rings. The van der Waals surface area contributed by atoms with Crippen molar-refractivity contribution in [3.05, 3.63) is 64.2 Å². The molecule has 2 aromatic carbocycles. The smallest absolute Gasteiger partial charge is 0.223 e. The minimum Gasteiger partial charge on any atom is -0.490 e. The van der Waals surface area contributed by atoms with E-state index in [4.69, 9.17) is 4.74 Å². The fourth-order valence-corrected chi connectivity index (χ4v) is 4.51. The molecule has 0 N–H and O–H groups in total. The van der Waals surface area contributed by atoms with Gasteiger partial charge in [-0.1, -0.05) is 24.3 Å². The molecule has 4 nitrogen and oxygen atoms in total. The van der Waals surface area contributed by atoms with Crippen LogP contribution in [0.3, 0.4) is 0 Å². The van der Waals surface area contributed by atoms with Gasteiger partial charge in [0.25, 0.3) is 0 Å². The normalized spacial score (nSPS) is 16.4. The molecule has 1 aliphatic heterocycles. The lowest BCUT2D eigenvalue weighted by atomic mass is 10.0. The van der Waals surface area contributed by atoms with Crippen LogP contribution in [0.1, 0.15) is 64.7 Å². The number of carbonyl (C=O) groups is 2. The van der Waals surface area contributed by atoms with Crippen LogP contribution in [0.5, 0.6) is 5.75 Å². The first-order valence-corrected chi connectivity index (χ1v) is 11.2. The molecule has 0 radical (unpaired) electrons. The van der Waals surface area contributed by atoms with Crippen LogP contribution >= 0.6 is 0 Å². The van der Waals surface area contributed by atoms with E-state index in [0.717, 1.165) is 42.6 Å². The molecule has 0 unspecified atom stereocenters. The average Bonchev–Trinajstić information content (AvgIpc) is 3.23. The Morgan fingerprint density at radius 3 is 2.53 bits per heavy atom. The molecule has 4 rings (SSSR count). The van der Waals surface area contributed by atoms with E-state index in [9.17, 15) is 9.59 Å². The van der Waals surface area contributed by atoms with Crippen molar-refractivity contribution in [2.45, 2.75) is 64.9 Å². The van der Waals surface area contributed by atoms with Gasteiger partial charge in [0.15, 0.2) is 5.78 Å². The summed E-state index contributed by atoms with van der Waals surface area (Å²) in [5, 5.41) is 0. The minimum atomic E-state index is 0.0752. The summed E-state index contributed by atoms with van der Waals surface area (Å²) in [6.07, 6.45) is 5.74. The van der Waals surface area contributed by atoms with Crippen molar-refractivity contribution in [2.75, 3.05) is 13.1 Å². The number of benzene rings is 2. The molecule has 158 valence electrons. The number of piperidine rings is 1. The lowest BCUT2D eigenvalue weighted by molar-refractivity contribution is -0.132. The van der Waals surface area contributed by atoms with E-state index in [1.54, 1.807) is 0 Å². The van der Waals surface area contributed by atoms with E-state index >= 15 is 0 Å². The summed E-state index contributed by atoms with van der Waals surface area (Å²) in [5.74, 6) is 1.10. The van der Waals surface area contributed by atoms with Crippen molar-refractivity contribution in [3.63, 3.8) is 0 Å². The van der Waals surface area contributed by atoms with Crippen molar-refractivity contribution >= 4 is 11.7 Å². The van der Waals surface area contributed by atoms with Gasteiger partial charge in [-0.3, -0.25) is 9.59 Å². The predicted molar refractivity (Wildman–Crippen MR) is 118 cm³/mol. The van der Waals surface area contributed by atoms with Gasteiger partial charge in [-0.25, -0.2) is 0 Å². The van der Waals surface area contributed by atoms with Crippen LogP contribution in [0.15, 0.2) is 36.4 Å². The van der Waals surface area contributed by atoms with Gasteiger partial charge in [0.05, 0.1) is 0 Å².